The lowest BCUT2D eigenvalue weighted by molar-refractivity contribution is 0.603. The van der Waals surface area contributed by atoms with Crippen molar-refractivity contribution < 1.29 is 8.42 Å². The van der Waals surface area contributed by atoms with E-state index in [1.54, 1.807) is 0 Å². The summed E-state index contributed by atoms with van der Waals surface area (Å²) in [4.78, 5) is 0. The normalized spacial score (nSPS) is 26.2. The molecule has 0 bridgehead atoms. The Kier molecular flexibility index (Phi) is 1.11. The lowest BCUT2D eigenvalue weighted by Gasteiger charge is -1.81. The SMILES string of the molecule is N=C1CCS(=O)(=O)C1. The fourth-order valence-corrected chi connectivity index (χ4v) is 2.07. The first-order valence-electron chi connectivity index (χ1n) is 2.37. The van der Waals surface area contributed by atoms with Gasteiger partial charge in [-0.1, -0.05) is 0 Å². The quantitative estimate of drug-likeness (QED) is 0.498. The van der Waals surface area contributed by atoms with Crippen molar-refractivity contribution in [3.8, 4) is 0 Å². The van der Waals surface area contributed by atoms with Crippen molar-refractivity contribution in [3.05, 3.63) is 0 Å². The van der Waals surface area contributed by atoms with Gasteiger partial charge in [-0.3, -0.25) is 0 Å². The Labute approximate surface area is 48.1 Å². The summed E-state index contributed by atoms with van der Waals surface area (Å²) < 4.78 is 21.0. The maximum absolute atomic E-state index is 10.5. The molecule has 0 radical (unpaired) electrons. The van der Waals surface area contributed by atoms with E-state index in [0.717, 1.165) is 0 Å². The highest BCUT2D eigenvalue weighted by Crippen LogP contribution is 2.05. The van der Waals surface area contributed by atoms with Gasteiger partial charge in [0.25, 0.3) is 0 Å². The molecule has 0 aromatic rings. The first-order valence-corrected chi connectivity index (χ1v) is 4.19. The van der Waals surface area contributed by atoms with Crippen molar-refractivity contribution in [1.29, 1.82) is 5.41 Å². The standard InChI is InChI=1S/C4H7NO2S/c5-4-1-2-8(6,7)3-4/h5H,1-3H2. The summed E-state index contributed by atoms with van der Waals surface area (Å²) in [5, 5.41) is 6.93. The monoisotopic (exact) mass is 133 g/mol. The van der Waals surface area contributed by atoms with Crippen LogP contribution in [-0.4, -0.2) is 25.6 Å². The highest BCUT2D eigenvalue weighted by molar-refractivity contribution is 7.92. The Morgan fingerprint density at radius 3 is 2.25 bits per heavy atom. The molecule has 8 heavy (non-hydrogen) atoms. The van der Waals surface area contributed by atoms with E-state index in [4.69, 9.17) is 5.41 Å². The zero-order valence-corrected chi connectivity index (χ0v) is 5.16. The molecular formula is C4H7NO2S. The zero-order chi connectivity index (χ0) is 6.20. The molecule has 0 aromatic carbocycles. The van der Waals surface area contributed by atoms with Gasteiger partial charge < -0.3 is 5.41 Å². The van der Waals surface area contributed by atoms with E-state index in [9.17, 15) is 8.42 Å². The van der Waals surface area contributed by atoms with Crippen LogP contribution < -0.4 is 0 Å². The summed E-state index contributed by atoms with van der Waals surface area (Å²) >= 11 is 0. The van der Waals surface area contributed by atoms with Gasteiger partial charge in [0.15, 0.2) is 9.84 Å². The largest absolute Gasteiger partial charge is 0.309 e. The summed E-state index contributed by atoms with van der Waals surface area (Å²) in [7, 11) is -2.82. The van der Waals surface area contributed by atoms with Crippen LogP contribution in [0.3, 0.4) is 0 Å². The third-order valence-electron chi connectivity index (χ3n) is 1.11. The molecule has 1 fully saturated rings. The Bertz CT molecular complexity index is 204. The van der Waals surface area contributed by atoms with Crippen LogP contribution in [0.5, 0.6) is 0 Å². The number of rotatable bonds is 0. The number of nitrogens with one attached hydrogen (secondary N) is 1. The van der Waals surface area contributed by atoms with Crippen molar-refractivity contribution in [2.24, 2.45) is 0 Å². The van der Waals surface area contributed by atoms with Gasteiger partial charge in [0, 0.05) is 12.1 Å². The molecule has 0 aromatic heterocycles. The summed E-state index contributed by atoms with van der Waals surface area (Å²) in [5.74, 6) is 0.179. The fraction of sp³-hybridized carbons (Fsp3) is 0.750. The van der Waals surface area contributed by atoms with Crippen LogP contribution in [0.15, 0.2) is 0 Å². The van der Waals surface area contributed by atoms with Crippen LogP contribution in [-0.2, 0) is 9.84 Å². The van der Waals surface area contributed by atoms with Gasteiger partial charge in [-0.25, -0.2) is 8.42 Å². The molecular weight excluding hydrogens is 126 g/mol. The lowest BCUT2D eigenvalue weighted by Crippen LogP contribution is -2.02. The van der Waals surface area contributed by atoms with Gasteiger partial charge in [0.1, 0.15) is 0 Å². The topological polar surface area (TPSA) is 58.0 Å². The molecule has 46 valence electrons. The first kappa shape index (κ1) is 5.75. The number of hydrogen-bond acceptors (Lipinski definition) is 3. The summed E-state index contributed by atoms with van der Waals surface area (Å²) in [5.41, 5.74) is 0.352. The molecule has 0 aliphatic carbocycles. The average Bonchev–Trinajstić information content (AvgIpc) is 1.82. The fourth-order valence-electron chi connectivity index (χ4n) is 0.688. The molecule has 0 amide bonds. The highest BCUT2D eigenvalue weighted by Gasteiger charge is 2.21. The van der Waals surface area contributed by atoms with Gasteiger partial charge in [0.2, 0.25) is 0 Å². The van der Waals surface area contributed by atoms with Crippen LogP contribution >= 0.6 is 0 Å². The molecule has 1 aliphatic rings. The van der Waals surface area contributed by atoms with Crippen molar-refractivity contribution >= 4 is 15.5 Å². The van der Waals surface area contributed by atoms with Crippen LogP contribution in [0.1, 0.15) is 6.42 Å². The highest BCUT2D eigenvalue weighted by atomic mass is 32.2. The molecule has 0 spiro atoms. The van der Waals surface area contributed by atoms with E-state index in [2.05, 4.69) is 0 Å². The maximum Gasteiger partial charge on any atom is 0.156 e. The van der Waals surface area contributed by atoms with Gasteiger partial charge in [-0.15, -0.1) is 0 Å². The van der Waals surface area contributed by atoms with Gasteiger partial charge >= 0.3 is 0 Å². The first-order chi connectivity index (χ1) is 3.60. The lowest BCUT2D eigenvalue weighted by atomic mass is 10.3. The minimum atomic E-state index is -2.82. The minimum absolute atomic E-state index is 0.00694. The molecule has 0 atom stereocenters. The van der Waals surface area contributed by atoms with E-state index in [1.165, 1.54) is 0 Å². The molecule has 0 unspecified atom stereocenters. The number of sulfone groups is 1. The van der Waals surface area contributed by atoms with Gasteiger partial charge in [0.05, 0.1) is 11.5 Å². The van der Waals surface area contributed by atoms with Crippen molar-refractivity contribution in [3.63, 3.8) is 0 Å². The van der Waals surface area contributed by atoms with Crippen molar-refractivity contribution in [2.45, 2.75) is 6.42 Å². The van der Waals surface area contributed by atoms with Crippen LogP contribution in [0.2, 0.25) is 0 Å². The molecule has 1 heterocycles. The minimum Gasteiger partial charge on any atom is -0.309 e. The summed E-state index contributed by atoms with van der Waals surface area (Å²) in [6, 6.07) is 0. The van der Waals surface area contributed by atoms with Crippen molar-refractivity contribution in [2.75, 3.05) is 11.5 Å². The second-order valence-electron chi connectivity index (χ2n) is 1.95. The molecule has 1 N–H and O–H groups in total. The van der Waals surface area contributed by atoms with E-state index in [1.807, 2.05) is 0 Å². The Morgan fingerprint density at radius 2 is 2.12 bits per heavy atom. The third kappa shape index (κ3) is 1.06. The predicted octanol–water partition coefficient (Wildman–Crippen LogP) is -0.175. The smallest absolute Gasteiger partial charge is 0.156 e. The molecule has 0 saturated carbocycles. The predicted molar refractivity (Wildman–Crippen MR) is 31.0 cm³/mol. The second-order valence-corrected chi connectivity index (χ2v) is 4.13. The van der Waals surface area contributed by atoms with Crippen LogP contribution in [0, 0.1) is 5.41 Å². The van der Waals surface area contributed by atoms with Gasteiger partial charge in [-0.2, -0.15) is 0 Å². The van der Waals surface area contributed by atoms with Crippen LogP contribution in [0.25, 0.3) is 0 Å². The molecule has 3 nitrogen and oxygen atoms in total. The van der Waals surface area contributed by atoms with Crippen LogP contribution in [0.4, 0.5) is 0 Å². The molecule has 1 saturated heterocycles. The Morgan fingerprint density at radius 1 is 1.50 bits per heavy atom. The van der Waals surface area contributed by atoms with E-state index < -0.39 is 9.84 Å². The second kappa shape index (κ2) is 1.55. The third-order valence-corrected chi connectivity index (χ3v) is 2.72. The average molecular weight is 133 g/mol. The van der Waals surface area contributed by atoms with Crippen molar-refractivity contribution in [1.82, 2.24) is 0 Å². The summed E-state index contributed by atoms with van der Waals surface area (Å²) in [6.07, 6.45) is 0.447. The maximum atomic E-state index is 10.5. The van der Waals surface area contributed by atoms with E-state index in [-0.39, 0.29) is 11.5 Å². The molecule has 1 rings (SSSR count). The van der Waals surface area contributed by atoms with Gasteiger partial charge in [-0.05, 0) is 0 Å². The zero-order valence-electron chi connectivity index (χ0n) is 4.35. The number of hydrogen-bond donors (Lipinski definition) is 1. The molecule has 4 heteroatoms. The van der Waals surface area contributed by atoms with E-state index in [0.29, 0.717) is 12.1 Å². The Balaban J connectivity index is 2.86. The summed E-state index contributed by atoms with van der Waals surface area (Å²) in [6.45, 7) is 0. The molecule has 1 aliphatic heterocycles. The Hall–Kier alpha value is -0.380. The van der Waals surface area contributed by atoms with E-state index >= 15 is 0 Å².